The highest BCUT2D eigenvalue weighted by molar-refractivity contribution is 5.86. The second-order valence-electron chi connectivity index (χ2n) is 5.31. The smallest absolute Gasteiger partial charge is 0.408 e. The van der Waals surface area contributed by atoms with E-state index in [4.69, 9.17) is 9.47 Å². The molecule has 0 bridgehead atoms. The molecule has 5 nitrogen and oxygen atoms in total. The van der Waals surface area contributed by atoms with E-state index in [1.165, 1.54) is 14.0 Å². The first-order chi connectivity index (χ1) is 8.36. The molecule has 0 aliphatic heterocycles. The van der Waals surface area contributed by atoms with Crippen LogP contribution in [0.2, 0.25) is 0 Å². The number of carbonyl (C=O) groups is 2. The Kier molecular flexibility index (Phi) is 5.14. The van der Waals surface area contributed by atoms with Crippen molar-refractivity contribution in [1.82, 2.24) is 5.32 Å². The molecule has 0 saturated heterocycles. The predicted molar refractivity (Wildman–Crippen MR) is 67.4 cm³/mol. The van der Waals surface area contributed by atoms with Crippen molar-refractivity contribution in [2.24, 2.45) is 0 Å². The fourth-order valence-corrected chi connectivity index (χ4v) is 2.19. The Morgan fingerprint density at radius 2 is 1.83 bits per heavy atom. The maximum Gasteiger partial charge on any atom is 0.408 e. The molecule has 0 aromatic rings. The molecule has 0 unspecified atom stereocenters. The number of amides is 1. The monoisotopic (exact) mass is 257 g/mol. The Morgan fingerprint density at radius 1 is 1.28 bits per heavy atom. The molecule has 1 amide bonds. The number of hydrogen-bond acceptors (Lipinski definition) is 4. The lowest BCUT2D eigenvalue weighted by Crippen LogP contribution is -2.54. The molecule has 1 saturated carbocycles. The van der Waals surface area contributed by atoms with Gasteiger partial charge in [0.25, 0.3) is 0 Å². The number of nitrogens with one attached hydrogen (secondary N) is 1. The Morgan fingerprint density at radius 3 is 2.28 bits per heavy atom. The second kappa shape index (κ2) is 6.18. The van der Waals surface area contributed by atoms with Crippen molar-refractivity contribution in [3.63, 3.8) is 0 Å². The summed E-state index contributed by atoms with van der Waals surface area (Å²) >= 11 is 0. The van der Waals surface area contributed by atoms with Crippen LogP contribution in [0.1, 0.15) is 46.5 Å². The third-order valence-corrected chi connectivity index (χ3v) is 3.47. The number of ether oxygens (including phenoxy) is 2. The van der Waals surface area contributed by atoms with E-state index in [1.54, 1.807) is 13.8 Å². The number of alkyl carbamates (subject to hydrolysis) is 1. The normalized spacial score (nSPS) is 18.4. The molecule has 0 heterocycles. The van der Waals surface area contributed by atoms with Gasteiger partial charge in [0.1, 0.15) is 12.1 Å². The van der Waals surface area contributed by atoms with Crippen molar-refractivity contribution in [1.29, 1.82) is 0 Å². The first kappa shape index (κ1) is 15.0. The standard InChI is InChI=1S/C13H23NO4/c1-9(15)11(13(2,3)17-4)14-12(16)18-10-7-5-6-8-10/h10-11H,5-8H2,1-4H3,(H,14,16)/t11-/m1/s1. The van der Waals surface area contributed by atoms with Gasteiger partial charge >= 0.3 is 6.09 Å². The number of ketones is 1. The van der Waals surface area contributed by atoms with Crippen LogP contribution in [0.15, 0.2) is 0 Å². The first-order valence-corrected chi connectivity index (χ1v) is 6.39. The molecule has 0 spiro atoms. The van der Waals surface area contributed by atoms with Gasteiger partial charge in [-0.15, -0.1) is 0 Å². The molecule has 1 N–H and O–H groups in total. The second-order valence-corrected chi connectivity index (χ2v) is 5.31. The van der Waals surface area contributed by atoms with Crippen LogP contribution in [0.25, 0.3) is 0 Å². The molecule has 104 valence electrons. The summed E-state index contributed by atoms with van der Waals surface area (Å²) < 4.78 is 10.5. The number of hydrogen-bond donors (Lipinski definition) is 1. The molecular weight excluding hydrogens is 234 g/mol. The SMILES string of the molecule is COC(C)(C)[C@H](NC(=O)OC1CCCC1)C(C)=O. The third-order valence-electron chi connectivity index (χ3n) is 3.47. The molecule has 1 atom stereocenters. The van der Waals surface area contributed by atoms with Gasteiger partial charge in [0.15, 0.2) is 5.78 Å². The lowest BCUT2D eigenvalue weighted by atomic mass is 9.95. The van der Waals surface area contributed by atoms with E-state index in [2.05, 4.69) is 5.32 Å². The van der Waals surface area contributed by atoms with Gasteiger partial charge in [0.05, 0.1) is 5.60 Å². The Hall–Kier alpha value is -1.10. The lowest BCUT2D eigenvalue weighted by molar-refractivity contribution is -0.126. The summed E-state index contributed by atoms with van der Waals surface area (Å²) in [6, 6.07) is -0.698. The van der Waals surface area contributed by atoms with E-state index in [0.29, 0.717) is 0 Å². The average Bonchev–Trinajstić information content (AvgIpc) is 2.78. The van der Waals surface area contributed by atoms with Gasteiger partial charge in [0, 0.05) is 7.11 Å². The fraction of sp³-hybridized carbons (Fsp3) is 0.846. The molecule has 0 aromatic heterocycles. The maximum atomic E-state index is 11.7. The Labute approximate surface area is 108 Å². The van der Waals surface area contributed by atoms with Crippen molar-refractivity contribution in [2.75, 3.05) is 7.11 Å². The molecule has 1 rings (SSSR count). The molecule has 1 aliphatic carbocycles. The third kappa shape index (κ3) is 3.98. The zero-order chi connectivity index (χ0) is 13.8. The van der Waals surface area contributed by atoms with Gasteiger partial charge in [-0.25, -0.2) is 4.79 Å². The van der Waals surface area contributed by atoms with Crippen molar-refractivity contribution in [2.45, 2.75) is 64.2 Å². The van der Waals surface area contributed by atoms with E-state index < -0.39 is 17.7 Å². The van der Waals surface area contributed by atoms with Crippen LogP contribution in [0, 0.1) is 0 Å². The molecule has 1 fully saturated rings. The highest BCUT2D eigenvalue weighted by Crippen LogP contribution is 2.21. The minimum Gasteiger partial charge on any atom is -0.446 e. The van der Waals surface area contributed by atoms with Gasteiger partial charge in [-0.3, -0.25) is 4.79 Å². The van der Waals surface area contributed by atoms with Crippen LogP contribution in [0.5, 0.6) is 0 Å². The van der Waals surface area contributed by atoms with E-state index in [1.807, 2.05) is 0 Å². The molecule has 18 heavy (non-hydrogen) atoms. The molecular formula is C13H23NO4. The van der Waals surface area contributed by atoms with E-state index >= 15 is 0 Å². The minimum atomic E-state index is -0.749. The average molecular weight is 257 g/mol. The first-order valence-electron chi connectivity index (χ1n) is 6.39. The van der Waals surface area contributed by atoms with Crippen LogP contribution in [-0.4, -0.2) is 36.7 Å². The summed E-state index contributed by atoms with van der Waals surface area (Å²) in [6.45, 7) is 4.95. The summed E-state index contributed by atoms with van der Waals surface area (Å²) in [5.74, 6) is -0.148. The van der Waals surface area contributed by atoms with Gasteiger partial charge in [-0.2, -0.15) is 0 Å². The summed E-state index contributed by atoms with van der Waals surface area (Å²) in [7, 11) is 1.51. The van der Waals surface area contributed by atoms with Crippen LogP contribution in [0.4, 0.5) is 4.79 Å². The summed E-state index contributed by atoms with van der Waals surface area (Å²) in [5.41, 5.74) is -0.749. The number of methoxy groups -OCH3 is 1. The van der Waals surface area contributed by atoms with Crippen LogP contribution >= 0.6 is 0 Å². The van der Waals surface area contributed by atoms with E-state index in [-0.39, 0.29) is 11.9 Å². The highest BCUT2D eigenvalue weighted by Gasteiger charge is 2.35. The van der Waals surface area contributed by atoms with Gasteiger partial charge < -0.3 is 14.8 Å². The number of Topliss-reactive ketones (excluding diaryl/α,β-unsaturated/α-hetero) is 1. The summed E-state index contributed by atoms with van der Waals surface area (Å²) in [4.78, 5) is 23.3. The summed E-state index contributed by atoms with van der Waals surface area (Å²) in [6.07, 6.45) is 3.46. The zero-order valence-electron chi connectivity index (χ0n) is 11.6. The maximum absolute atomic E-state index is 11.7. The van der Waals surface area contributed by atoms with Crippen LogP contribution < -0.4 is 5.32 Å². The van der Waals surface area contributed by atoms with Crippen molar-refractivity contribution in [3.8, 4) is 0 Å². The number of carbonyl (C=O) groups excluding carboxylic acids is 2. The van der Waals surface area contributed by atoms with Crippen LogP contribution in [-0.2, 0) is 14.3 Å². The number of rotatable bonds is 5. The Balaban J connectivity index is 2.55. The topological polar surface area (TPSA) is 64.6 Å². The van der Waals surface area contributed by atoms with Gasteiger partial charge in [-0.1, -0.05) is 0 Å². The van der Waals surface area contributed by atoms with Crippen molar-refractivity contribution in [3.05, 3.63) is 0 Å². The van der Waals surface area contributed by atoms with Crippen molar-refractivity contribution < 1.29 is 19.1 Å². The lowest BCUT2D eigenvalue weighted by Gasteiger charge is -2.31. The molecule has 5 heteroatoms. The van der Waals surface area contributed by atoms with Gasteiger partial charge in [0.2, 0.25) is 0 Å². The highest BCUT2D eigenvalue weighted by atomic mass is 16.6. The summed E-state index contributed by atoms with van der Waals surface area (Å²) in [5, 5.41) is 2.60. The van der Waals surface area contributed by atoms with E-state index in [9.17, 15) is 9.59 Å². The van der Waals surface area contributed by atoms with E-state index in [0.717, 1.165) is 25.7 Å². The molecule has 0 aromatic carbocycles. The van der Waals surface area contributed by atoms with Crippen molar-refractivity contribution >= 4 is 11.9 Å². The predicted octanol–water partition coefficient (Wildman–Crippen LogP) is 2.04. The minimum absolute atomic E-state index is 0.0109. The largest absolute Gasteiger partial charge is 0.446 e. The molecule has 1 aliphatic rings. The quantitative estimate of drug-likeness (QED) is 0.818. The van der Waals surface area contributed by atoms with Gasteiger partial charge in [-0.05, 0) is 46.5 Å². The zero-order valence-corrected chi connectivity index (χ0v) is 11.6. The fourth-order valence-electron chi connectivity index (χ4n) is 2.19. The van der Waals surface area contributed by atoms with Crippen LogP contribution in [0.3, 0.4) is 0 Å². The molecule has 0 radical (unpaired) electrons. The Bertz CT molecular complexity index is 308.